The Balaban J connectivity index is 1.94. The highest BCUT2D eigenvalue weighted by atomic mass is 32.2. The molecule has 33 heavy (non-hydrogen) atoms. The van der Waals surface area contributed by atoms with Gasteiger partial charge in [0.1, 0.15) is 0 Å². The Morgan fingerprint density at radius 3 is 2.36 bits per heavy atom. The zero-order valence-electron chi connectivity index (χ0n) is 20.5. The molecule has 1 aromatic carbocycles. The van der Waals surface area contributed by atoms with E-state index in [1.807, 2.05) is 53.1 Å². The van der Waals surface area contributed by atoms with Gasteiger partial charge in [0.25, 0.3) is 0 Å². The average Bonchev–Trinajstić information content (AvgIpc) is 3.28. The molecular weight excluding hydrogens is 434 g/mol. The van der Waals surface area contributed by atoms with E-state index in [2.05, 4.69) is 43.7 Å². The van der Waals surface area contributed by atoms with Gasteiger partial charge in [-0.1, -0.05) is 49.0 Å². The molecule has 0 aliphatic rings. The normalized spacial score (nSPS) is 13.3. The molecule has 1 N–H and O–H groups in total. The van der Waals surface area contributed by atoms with Crippen molar-refractivity contribution in [2.24, 2.45) is 0 Å². The van der Waals surface area contributed by atoms with E-state index < -0.39 is 5.25 Å². The molecule has 3 aromatic rings. The Bertz CT molecular complexity index is 1130. The van der Waals surface area contributed by atoms with E-state index in [1.54, 1.807) is 0 Å². The summed E-state index contributed by atoms with van der Waals surface area (Å²) < 4.78 is 2.12. The van der Waals surface area contributed by atoms with Crippen LogP contribution in [0.5, 0.6) is 0 Å². The number of nitrogens with zero attached hydrogens (tertiary/aromatic N) is 4. The molecule has 2 aromatic heterocycles. The molecule has 0 aliphatic heterocycles. The van der Waals surface area contributed by atoms with E-state index in [0.717, 1.165) is 23.5 Å². The smallest absolute Gasteiger partial charge is 0.192 e. The minimum absolute atomic E-state index is 0.0397. The van der Waals surface area contributed by atoms with Gasteiger partial charge < -0.3 is 9.55 Å². The second-order valence-corrected chi connectivity index (χ2v) is 9.91. The van der Waals surface area contributed by atoms with Crippen molar-refractivity contribution in [1.29, 1.82) is 0 Å². The number of carbonyl (C=O) groups excluding carboxylic acids is 2. The molecule has 0 unspecified atom stereocenters. The van der Waals surface area contributed by atoms with Crippen LogP contribution in [0.4, 0.5) is 0 Å². The zero-order chi connectivity index (χ0) is 24.3. The summed E-state index contributed by atoms with van der Waals surface area (Å²) in [6.07, 6.45) is 0.897. The minimum Gasteiger partial charge on any atom is -0.355 e. The van der Waals surface area contributed by atoms with Gasteiger partial charge in [0, 0.05) is 11.3 Å². The van der Waals surface area contributed by atoms with Crippen LogP contribution >= 0.6 is 11.8 Å². The second kappa shape index (κ2) is 10.5. The molecule has 0 fully saturated rings. The van der Waals surface area contributed by atoms with Gasteiger partial charge in [-0.2, -0.15) is 0 Å². The molecular formula is C25H33N5O2S. The number of thioether (sulfide) groups is 1. The fraction of sp³-hybridized carbons (Fsp3) is 0.440. The maximum Gasteiger partial charge on any atom is 0.192 e. The first-order valence-electron chi connectivity index (χ1n) is 11.2. The van der Waals surface area contributed by atoms with E-state index in [9.17, 15) is 9.59 Å². The average molecular weight is 468 g/mol. The SMILES string of the molecule is CC[C@@H](c1nnc(S[C@@H](C)C(=O)c2[nH]c(C)c(C(C)=O)c2C)n1Cc1ccccc1)N(C)C. The summed E-state index contributed by atoms with van der Waals surface area (Å²) in [5.41, 5.74) is 3.68. The Labute approximate surface area is 200 Å². The number of nitrogens with one attached hydrogen (secondary N) is 1. The van der Waals surface area contributed by atoms with Crippen molar-refractivity contribution in [3.63, 3.8) is 0 Å². The minimum atomic E-state index is -0.396. The van der Waals surface area contributed by atoms with Gasteiger partial charge in [-0.05, 0) is 59.3 Å². The number of rotatable bonds is 10. The lowest BCUT2D eigenvalue weighted by Gasteiger charge is -2.23. The van der Waals surface area contributed by atoms with Crippen molar-refractivity contribution in [2.45, 2.75) is 64.0 Å². The Kier molecular flexibility index (Phi) is 7.92. The number of hydrogen-bond acceptors (Lipinski definition) is 6. The summed E-state index contributed by atoms with van der Waals surface area (Å²) in [6, 6.07) is 10.3. The standard InChI is InChI=1S/C25H33N5O2S/c1-8-20(29(6)7)24-27-28-25(30(24)14-19-12-10-9-11-13-19)33-18(5)23(32)22-15(2)21(17(4)31)16(3)26-22/h9-13,18,20,26H,8,14H2,1-7H3/t18-,20-/m0/s1. The number of benzene rings is 1. The van der Waals surface area contributed by atoms with Crippen molar-refractivity contribution in [2.75, 3.05) is 14.1 Å². The molecule has 2 atom stereocenters. The molecule has 7 nitrogen and oxygen atoms in total. The van der Waals surface area contributed by atoms with Gasteiger partial charge in [0.2, 0.25) is 0 Å². The number of Topliss-reactive ketones (excluding diaryl/α,β-unsaturated/α-hetero) is 2. The third kappa shape index (κ3) is 5.28. The van der Waals surface area contributed by atoms with Crippen LogP contribution in [0.1, 0.15) is 76.7 Å². The molecule has 0 saturated carbocycles. The summed E-state index contributed by atoms with van der Waals surface area (Å²) in [5.74, 6) is 0.796. The fourth-order valence-corrected chi connectivity index (χ4v) is 5.18. The molecule has 0 aliphatic carbocycles. The third-order valence-corrected chi connectivity index (χ3v) is 7.00. The Morgan fingerprint density at radius 1 is 1.15 bits per heavy atom. The molecule has 3 rings (SSSR count). The maximum atomic E-state index is 13.3. The molecule has 8 heteroatoms. The van der Waals surface area contributed by atoms with Crippen LogP contribution in [0.3, 0.4) is 0 Å². The fourth-order valence-electron chi connectivity index (χ4n) is 4.27. The summed E-state index contributed by atoms with van der Waals surface area (Å²) in [5, 5.41) is 9.34. The lowest BCUT2D eigenvalue weighted by atomic mass is 10.0. The van der Waals surface area contributed by atoms with E-state index >= 15 is 0 Å². The number of aromatic amines is 1. The summed E-state index contributed by atoms with van der Waals surface area (Å²) >= 11 is 1.40. The summed E-state index contributed by atoms with van der Waals surface area (Å²) in [6.45, 7) is 9.82. The van der Waals surface area contributed by atoms with Crippen LogP contribution in [0.15, 0.2) is 35.5 Å². The van der Waals surface area contributed by atoms with Crippen LogP contribution in [0.2, 0.25) is 0 Å². The lowest BCUT2D eigenvalue weighted by Crippen LogP contribution is -2.24. The van der Waals surface area contributed by atoms with Crippen LogP contribution < -0.4 is 0 Å². The third-order valence-electron chi connectivity index (χ3n) is 5.92. The van der Waals surface area contributed by atoms with Gasteiger partial charge in [-0.25, -0.2) is 0 Å². The quantitative estimate of drug-likeness (QED) is 0.339. The van der Waals surface area contributed by atoms with Gasteiger partial charge in [0.05, 0.1) is 23.5 Å². The largest absolute Gasteiger partial charge is 0.355 e. The number of aryl methyl sites for hydroxylation is 1. The highest BCUT2D eigenvalue weighted by molar-refractivity contribution is 8.00. The van der Waals surface area contributed by atoms with Crippen molar-refractivity contribution >= 4 is 23.3 Å². The predicted octanol–water partition coefficient (Wildman–Crippen LogP) is 4.85. The number of aromatic nitrogens is 4. The summed E-state index contributed by atoms with van der Waals surface area (Å²) in [7, 11) is 4.08. The van der Waals surface area contributed by atoms with E-state index in [4.69, 9.17) is 0 Å². The van der Waals surface area contributed by atoms with E-state index in [-0.39, 0.29) is 17.6 Å². The molecule has 0 amide bonds. The van der Waals surface area contributed by atoms with Gasteiger partial charge in [-0.3, -0.25) is 14.5 Å². The topological polar surface area (TPSA) is 83.9 Å². The monoisotopic (exact) mass is 467 g/mol. The van der Waals surface area contributed by atoms with Crippen LogP contribution in [-0.2, 0) is 6.54 Å². The molecule has 2 heterocycles. The molecule has 0 radical (unpaired) electrons. The van der Waals surface area contributed by atoms with Crippen molar-refractivity contribution in [1.82, 2.24) is 24.6 Å². The molecule has 0 spiro atoms. The second-order valence-electron chi connectivity index (χ2n) is 8.61. The van der Waals surface area contributed by atoms with Gasteiger partial charge in [-0.15, -0.1) is 10.2 Å². The number of carbonyl (C=O) groups is 2. The van der Waals surface area contributed by atoms with Crippen molar-refractivity contribution in [3.8, 4) is 0 Å². The Morgan fingerprint density at radius 2 is 1.82 bits per heavy atom. The first-order valence-corrected chi connectivity index (χ1v) is 12.1. The maximum absolute atomic E-state index is 13.3. The number of hydrogen-bond donors (Lipinski definition) is 1. The Hall–Kier alpha value is -2.71. The van der Waals surface area contributed by atoms with Crippen molar-refractivity contribution < 1.29 is 9.59 Å². The molecule has 176 valence electrons. The lowest BCUT2D eigenvalue weighted by molar-refractivity contribution is 0.0988. The zero-order valence-corrected chi connectivity index (χ0v) is 21.3. The molecule has 0 bridgehead atoms. The molecule has 0 saturated heterocycles. The summed E-state index contributed by atoms with van der Waals surface area (Å²) in [4.78, 5) is 30.6. The highest BCUT2D eigenvalue weighted by Crippen LogP contribution is 2.30. The first kappa shape index (κ1) is 24.9. The van der Waals surface area contributed by atoms with Crippen LogP contribution in [-0.4, -0.2) is 55.6 Å². The first-order chi connectivity index (χ1) is 15.6. The number of H-pyrrole nitrogens is 1. The highest BCUT2D eigenvalue weighted by Gasteiger charge is 2.28. The van der Waals surface area contributed by atoms with Gasteiger partial charge in [0.15, 0.2) is 22.5 Å². The van der Waals surface area contributed by atoms with Crippen LogP contribution in [0, 0.1) is 13.8 Å². The van der Waals surface area contributed by atoms with Crippen LogP contribution in [0.25, 0.3) is 0 Å². The van der Waals surface area contributed by atoms with E-state index in [0.29, 0.717) is 28.5 Å². The van der Waals surface area contributed by atoms with Crippen molar-refractivity contribution in [3.05, 3.63) is 64.2 Å². The number of ketones is 2. The predicted molar refractivity (Wildman–Crippen MR) is 132 cm³/mol. The van der Waals surface area contributed by atoms with Gasteiger partial charge >= 0.3 is 0 Å². The van der Waals surface area contributed by atoms with E-state index in [1.165, 1.54) is 18.7 Å².